The second-order valence-corrected chi connectivity index (χ2v) is 7.01. The number of benzene rings is 2. The third kappa shape index (κ3) is 1.90. The molecule has 0 unspecified atom stereocenters. The van der Waals surface area contributed by atoms with Crippen LogP contribution in [0, 0.1) is 5.92 Å². The lowest BCUT2D eigenvalue weighted by atomic mass is 9.78. The van der Waals surface area contributed by atoms with E-state index in [-0.39, 0.29) is 11.7 Å². The first-order chi connectivity index (χ1) is 11.9. The van der Waals surface area contributed by atoms with Crippen LogP contribution in [0.1, 0.15) is 30.4 Å². The molecule has 1 heterocycles. The first kappa shape index (κ1) is 14.4. The van der Waals surface area contributed by atoms with Crippen LogP contribution in [-0.4, -0.2) is 19.3 Å². The number of ether oxygens (including phenoxy) is 2. The highest BCUT2D eigenvalue weighted by Gasteiger charge is 2.59. The molecule has 2 aliphatic carbocycles. The Bertz CT molecular complexity index is 765. The lowest BCUT2D eigenvalue weighted by Crippen LogP contribution is -2.50. The molecule has 1 saturated heterocycles. The summed E-state index contributed by atoms with van der Waals surface area (Å²) in [4.78, 5) is 0. The third-order valence-electron chi connectivity index (χ3n) is 5.89. The quantitative estimate of drug-likeness (QED) is 0.808. The molecule has 3 atom stereocenters. The molecular formula is C22H22O2. The summed E-state index contributed by atoms with van der Waals surface area (Å²) >= 11 is 0. The molecule has 3 aliphatic rings. The number of rotatable bonds is 2. The second-order valence-electron chi connectivity index (χ2n) is 7.01. The largest absolute Gasteiger partial charge is 0.368 e. The topological polar surface area (TPSA) is 18.5 Å². The standard InChI is InChI=1S/C22H22O2/c1-3-8-16(9-4-1)20-18-12-7-13-19(18)22(17-10-5-2-6-11-17)21(20)23-14-15-24-22/h1-6,8-11,19,21H,7,12-15H2/t19-,21+,22+/m1/s1. The fourth-order valence-corrected chi connectivity index (χ4v) is 5.06. The van der Waals surface area contributed by atoms with Gasteiger partial charge in [-0.15, -0.1) is 0 Å². The van der Waals surface area contributed by atoms with Crippen LogP contribution in [0.3, 0.4) is 0 Å². The van der Waals surface area contributed by atoms with Crippen molar-refractivity contribution in [2.24, 2.45) is 5.92 Å². The molecule has 0 N–H and O–H groups in total. The molecule has 2 aromatic carbocycles. The van der Waals surface area contributed by atoms with E-state index in [1.165, 1.54) is 36.0 Å². The lowest BCUT2D eigenvalue weighted by Gasteiger charge is -2.44. The highest BCUT2D eigenvalue weighted by atomic mass is 16.6. The van der Waals surface area contributed by atoms with Crippen LogP contribution in [0.15, 0.2) is 66.2 Å². The number of hydrogen-bond donors (Lipinski definition) is 0. The van der Waals surface area contributed by atoms with E-state index in [1.54, 1.807) is 5.57 Å². The van der Waals surface area contributed by atoms with E-state index in [0.717, 1.165) is 0 Å². The summed E-state index contributed by atoms with van der Waals surface area (Å²) in [5.41, 5.74) is 5.19. The second kappa shape index (κ2) is 5.58. The van der Waals surface area contributed by atoms with Gasteiger partial charge in [0.1, 0.15) is 11.7 Å². The summed E-state index contributed by atoms with van der Waals surface area (Å²) < 4.78 is 13.0. The van der Waals surface area contributed by atoms with E-state index in [1.807, 2.05) is 0 Å². The van der Waals surface area contributed by atoms with Crippen LogP contribution in [-0.2, 0) is 15.1 Å². The van der Waals surface area contributed by atoms with Crippen molar-refractivity contribution < 1.29 is 9.47 Å². The van der Waals surface area contributed by atoms with Gasteiger partial charge in [0.05, 0.1) is 13.2 Å². The van der Waals surface area contributed by atoms with Gasteiger partial charge in [0.2, 0.25) is 0 Å². The summed E-state index contributed by atoms with van der Waals surface area (Å²) in [5, 5.41) is 0. The van der Waals surface area contributed by atoms with Gasteiger partial charge in [0.25, 0.3) is 0 Å². The van der Waals surface area contributed by atoms with E-state index in [4.69, 9.17) is 9.47 Å². The summed E-state index contributed by atoms with van der Waals surface area (Å²) in [6, 6.07) is 21.5. The Morgan fingerprint density at radius 1 is 0.875 bits per heavy atom. The van der Waals surface area contributed by atoms with Crippen LogP contribution >= 0.6 is 0 Å². The molecule has 24 heavy (non-hydrogen) atoms. The van der Waals surface area contributed by atoms with Gasteiger partial charge < -0.3 is 9.47 Å². The molecule has 122 valence electrons. The van der Waals surface area contributed by atoms with Crippen molar-refractivity contribution in [1.29, 1.82) is 0 Å². The fourth-order valence-electron chi connectivity index (χ4n) is 5.06. The van der Waals surface area contributed by atoms with Gasteiger partial charge in [-0.3, -0.25) is 0 Å². The summed E-state index contributed by atoms with van der Waals surface area (Å²) in [6.07, 6.45) is 3.63. The SMILES string of the molecule is c1ccc(C2=C3CCC[C@H]3[C@]3(c4ccccc4)OCCO[C@@H]23)cc1. The molecule has 1 aliphatic heterocycles. The van der Waals surface area contributed by atoms with Crippen LogP contribution in [0.2, 0.25) is 0 Å². The molecule has 5 rings (SSSR count). The molecule has 0 spiro atoms. The predicted octanol–water partition coefficient (Wildman–Crippen LogP) is 4.56. The minimum atomic E-state index is -0.337. The lowest BCUT2D eigenvalue weighted by molar-refractivity contribution is -0.201. The normalized spacial score (nSPS) is 31.8. The molecular weight excluding hydrogens is 296 g/mol. The minimum absolute atomic E-state index is 0.0105. The molecule has 0 aromatic heterocycles. The van der Waals surface area contributed by atoms with E-state index in [9.17, 15) is 0 Å². The zero-order chi connectivity index (χ0) is 16.0. The minimum Gasteiger partial charge on any atom is -0.368 e. The monoisotopic (exact) mass is 318 g/mol. The summed E-state index contributed by atoms with van der Waals surface area (Å²) in [7, 11) is 0. The first-order valence-electron chi connectivity index (χ1n) is 9.01. The van der Waals surface area contributed by atoms with Gasteiger partial charge in [-0.05, 0) is 36.0 Å². The first-order valence-corrected chi connectivity index (χ1v) is 9.01. The van der Waals surface area contributed by atoms with Gasteiger partial charge in [-0.1, -0.05) is 66.2 Å². The predicted molar refractivity (Wildman–Crippen MR) is 94.5 cm³/mol. The molecule has 0 radical (unpaired) electrons. The van der Waals surface area contributed by atoms with Crippen molar-refractivity contribution >= 4 is 5.57 Å². The van der Waals surface area contributed by atoms with E-state index in [0.29, 0.717) is 19.1 Å². The Morgan fingerprint density at radius 2 is 1.62 bits per heavy atom. The van der Waals surface area contributed by atoms with Crippen molar-refractivity contribution in [1.82, 2.24) is 0 Å². The van der Waals surface area contributed by atoms with Crippen molar-refractivity contribution in [3.05, 3.63) is 77.4 Å². The maximum atomic E-state index is 6.57. The Balaban J connectivity index is 1.72. The summed E-state index contributed by atoms with van der Waals surface area (Å²) in [5.74, 6) is 0.445. The van der Waals surface area contributed by atoms with Gasteiger partial charge in [0, 0.05) is 5.92 Å². The van der Waals surface area contributed by atoms with Crippen LogP contribution in [0.5, 0.6) is 0 Å². The molecule has 2 nitrogen and oxygen atoms in total. The number of fused-ring (bicyclic) bond motifs is 3. The molecule has 2 fully saturated rings. The van der Waals surface area contributed by atoms with Gasteiger partial charge in [0.15, 0.2) is 0 Å². The average Bonchev–Trinajstić information content (AvgIpc) is 3.23. The molecule has 2 heteroatoms. The van der Waals surface area contributed by atoms with Crippen molar-refractivity contribution in [3.8, 4) is 0 Å². The van der Waals surface area contributed by atoms with Gasteiger partial charge >= 0.3 is 0 Å². The fraction of sp³-hybridized carbons (Fsp3) is 0.364. The highest BCUT2D eigenvalue weighted by molar-refractivity contribution is 5.78. The molecule has 0 amide bonds. The van der Waals surface area contributed by atoms with Crippen LogP contribution in [0.4, 0.5) is 0 Å². The zero-order valence-electron chi connectivity index (χ0n) is 13.8. The summed E-state index contributed by atoms with van der Waals surface area (Å²) in [6.45, 7) is 1.35. The van der Waals surface area contributed by atoms with E-state index >= 15 is 0 Å². The Kier molecular flexibility index (Phi) is 3.36. The zero-order valence-corrected chi connectivity index (χ0v) is 13.8. The molecule has 0 bridgehead atoms. The van der Waals surface area contributed by atoms with Crippen molar-refractivity contribution in [3.63, 3.8) is 0 Å². The number of hydrogen-bond acceptors (Lipinski definition) is 2. The maximum absolute atomic E-state index is 6.57. The van der Waals surface area contributed by atoms with Crippen LogP contribution in [0.25, 0.3) is 5.57 Å². The van der Waals surface area contributed by atoms with Crippen molar-refractivity contribution in [2.75, 3.05) is 13.2 Å². The van der Waals surface area contributed by atoms with E-state index in [2.05, 4.69) is 60.7 Å². The average molecular weight is 318 g/mol. The van der Waals surface area contributed by atoms with Gasteiger partial charge in [-0.25, -0.2) is 0 Å². The Labute approximate surface area is 143 Å². The maximum Gasteiger partial charge on any atom is 0.130 e. The smallest absolute Gasteiger partial charge is 0.130 e. The Hall–Kier alpha value is -1.90. The third-order valence-corrected chi connectivity index (χ3v) is 5.89. The van der Waals surface area contributed by atoms with Crippen LogP contribution < -0.4 is 0 Å². The van der Waals surface area contributed by atoms with E-state index < -0.39 is 0 Å². The van der Waals surface area contributed by atoms with Gasteiger partial charge in [-0.2, -0.15) is 0 Å². The molecule has 2 aromatic rings. The Morgan fingerprint density at radius 3 is 2.42 bits per heavy atom. The highest BCUT2D eigenvalue weighted by Crippen LogP contribution is 2.60. The molecule has 1 saturated carbocycles. The van der Waals surface area contributed by atoms with Crippen molar-refractivity contribution in [2.45, 2.75) is 31.0 Å².